The first-order valence-corrected chi connectivity index (χ1v) is 8.04. The zero-order valence-corrected chi connectivity index (χ0v) is 14.8. The van der Waals surface area contributed by atoms with Crippen LogP contribution in [0.2, 0.25) is 0 Å². The highest BCUT2D eigenvalue weighted by atomic mass is 79.9. The summed E-state index contributed by atoms with van der Waals surface area (Å²) in [5.41, 5.74) is 0.462. The molecule has 0 atom stereocenters. The van der Waals surface area contributed by atoms with Gasteiger partial charge in [0.25, 0.3) is 0 Å². The Kier molecular flexibility index (Phi) is 5.47. The van der Waals surface area contributed by atoms with Gasteiger partial charge >= 0.3 is 0 Å². The Morgan fingerprint density at radius 3 is 2.24 bits per heavy atom. The molecule has 0 spiro atoms. The van der Waals surface area contributed by atoms with Gasteiger partial charge in [-0.2, -0.15) is 0 Å². The van der Waals surface area contributed by atoms with Crippen molar-refractivity contribution in [2.24, 2.45) is 0 Å². The second-order valence-corrected chi connectivity index (χ2v) is 5.71. The Hall–Kier alpha value is -1.27. The third kappa shape index (κ3) is 3.68. The summed E-state index contributed by atoms with van der Waals surface area (Å²) < 4.78 is 17.5. The fraction of sp³-hybridized carbons (Fsp3) is 0.267. The van der Waals surface area contributed by atoms with Gasteiger partial charge in [0, 0.05) is 10.0 Å². The Morgan fingerprint density at radius 2 is 1.71 bits per heavy atom. The van der Waals surface area contributed by atoms with Crippen LogP contribution in [0.4, 0.5) is 0 Å². The van der Waals surface area contributed by atoms with Gasteiger partial charge in [-0.25, -0.2) is 0 Å². The van der Waals surface area contributed by atoms with Gasteiger partial charge in [-0.3, -0.25) is 4.79 Å². The highest BCUT2D eigenvalue weighted by Gasteiger charge is 2.20. The molecule has 0 aliphatic carbocycles. The second-order valence-electron chi connectivity index (χ2n) is 4.08. The van der Waals surface area contributed by atoms with Gasteiger partial charge < -0.3 is 13.9 Å². The Bertz CT molecular complexity index is 649. The molecule has 0 amide bonds. The molecule has 0 radical (unpaired) electrons. The van der Waals surface area contributed by atoms with E-state index in [9.17, 15) is 4.79 Å². The zero-order chi connectivity index (χ0) is 15.4. The fourth-order valence-electron chi connectivity index (χ4n) is 1.81. The number of ketones is 1. The lowest BCUT2D eigenvalue weighted by Crippen LogP contribution is -2.04. The molecule has 1 aromatic heterocycles. The minimum Gasteiger partial charge on any atom is -0.490 e. The Balaban J connectivity index is 2.43. The van der Waals surface area contributed by atoms with Crippen LogP contribution in [0.15, 0.2) is 37.8 Å². The smallest absolute Gasteiger partial charge is 0.229 e. The summed E-state index contributed by atoms with van der Waals surface area (Å²) >= 11 is 6.59. The molecule has 1 heterocycles. The average Bonchev–Trinajstić information content (AvgIpc) is 2.88. The molecule has 0 N–H and O–H groups in total. The van der Waals surface area contributed by atoms with Gasteiger partial charge in [0.15, 0.2) is 21.9 Å². The van der Waals surface area contributed by atoms with Crippen LogP contribution in [0.5, 0.6) is 11.5 Å². The number of carbonyl (C=O) groups excluding carboxylic acids is 1. The average molecular weight is 418 g/mol. The number of halogens is 2. The van der Waals surface area contributed by atoms with E-state index in [1.165, 1.54) is 0 Å². The first-order valence-electron chi connectivity index (χ1n) is 6.46. The summed E-state index contributed by atoms with van der Waals surface area (Å²) in [6.07, 6.45) is 0. The van der Waals surface area contributed by atoms with E-state index >= 15 is 0 Å². The molecule has 112 valence electrons. The SMILES string of the molecule is CCOc1cc(Br)c(C(=O)c2ccc(Br)o2)cc1OCC. The number of carbonyl (C=O) groups is 1. The summed E-state index contributed by atoms with van der Waals surface area (Å²) in [7, 11) is 0. The fourth-order valence-corrected chi connectivity index (χ4v) is 2.62. The molecule has 0 saturated heterocycles. The molecular formula is C15H14Br2O4. The molecule has 0 fully saturated rings. The van der Waals surface area contributed by atoms with Gasteiger partial charge in [-0.05, 0) is 70.0 Å². The van der Waals surface area contributed by atoms with Crippen molar-refractivity contribution < 1.29 is 18.7 Å². The summed E-state index contributed by atoms with van der Waals surface area (Å²) in [5.74, 6) is 1.17. The van der Waals surface area contributed by atoms with E-state index in [1.54, 1.807) is 24.3 Å². The maximum atomic E-state index is 12.5. The minimum absolute atomic E-state index is 0.225. The van der Waals surface area contributed by atoms with Gasteiger partial charge in [0.1, 0.15) is 0 Å². The molecule has 2 rings (SSSR count). The Morgan fingerprint density at radius 1 is 1.10 bits per heavy atom. The van der Waals surface area contributed by atoms with Crippen molar-refractivity contribution in [2.45, 2.75) is 13.8 Å². The molecule has 0 aliphatic heterocycles. The van der Waals surface area contributed by atoms with Gasteiger partial charge in [0.2, 0.25) is 5.78 Å². The molecular weight excluding hydrogens is 404 g/mol. The van der Waals surface area contributed by atoms with Crippen molar-refractivity contribution in [3.8, 4) is 11.5 Å². The maximum Gasteiger partial charge on any atom is 0.229 e. The molecule has 0 unspecified atom stereocenters. The van der Waals surface area contributed by atoms with E-state index in [4.69, 9.17) is 13.9 Å². The predicted molar refractivity (Wildman–Crippen MR) is 86.3 cm³/mol. The van der Waals surface area contributed by atoms with Gasteiger partial charge in [-0.15, -0.1) is 0 Å². The summed E-state index contributed by atoms with van der Waals surface area (Å²) in [6, 6.07) is 6.70. The highest BCUT2D eigenvalue weighted by Crippen LogP contribution is 2.35. The van der Waals surface area contributed by atoms with Gasteiger partial charge in [-0.1, -0.05) is 0 Å². The summed E-state index contributed by atoms with van der Waals surface area (Å²) in [4.78, 5) is 12.5. The van der Waals surface area contributed by atoms with Crippen LogP contribution in [-0.4, -0.2) is 19.0 Å². The monoisotopic (exact) mass is 416 g/mol. The number of rotatable bonds is 6. The molecule has 4 nitrogen and oxygen atoms in total. The normalized spacial score (nSPS) is 10.5. The second kappa shape index (κ2) is 7.13. The van der Waals surface area contributed by atoms with Gasteiger partial charge in [0.05, 0.1) is 13.2 Å². The van der Waals surface area contributed by atoms with Crippen molar-refractivity contribution in [2.75, 3.05) is 13.2 Å². The molecule has 2 aromatic rings. The third-order valence-electron chi connectivity index (χ3n) is 2.67. The van der Waals surface area contributed by atoms with E-state index in [2.05, 4.69) is 31.9 Å². The Labute approximate surface area is 139 Å². The molecule has 0 saturated carbocycles. The summed E-state index contributed by atoms with van der Waals surface area (Å²) in [6.45, 7) is 4.78. The standard InChI is InChI=1S/C15H14Br2O4/c1-3-19-12-7-9(10(16)8-13(12)20-4-2)15(18)11-5-6-14(17)21-11/h5-8H,3-4H2,1-2H3. The number of benzene rings is 1. The largest absolute Gasteiger partial charge is 0.490 e. The lowest BCUT2D eigenvalue weighted by molar-refractivity contribution is 0.101. The maximum absolute atomic E-state index is 12.5. The van der Waals surface area contributed by atoms with Crippen LogP contribution in [0.3, 0.4) is 0 Å². The van der Waals surface area contributed by atoms with E-state index in [-0.39, 0.29) is 11.5 Å². The predicted octanol–water partition coefficient (Wildman–Crippen LogP) is 4.83. The van der Waals surface area contributed by atoms with E-state index < -0.39 is 0 Å². The van der Waals surface area contributed by atoms with Crippen LogP contribution in [-0.2, 0) is 0 Å². The topological polar surface area (TPSA) is 48.7 Å². The first-order chi connectivity index (χ1) is 10.1. The summed E-state index contributed by atoms with van der Waals surface area (Å²) in [5, 5.41) is 0. The van der Waals surface area contributed by atoms with Crippen molar-refractivity contribution >= 4 is 37.6 Å². The molecule has 6 heteroatoms. The number of hydrogen-bond acceptors (Lipinski definition) is 4. The lowest BCUT2D eigenvalue weighted by Gasteiger charge is -2.13. The first kappa shape index (κ1) is 16.1. The van der Waals surface area contributed by atoms with Crippen molar-refractivity contribution in [3.63, 3.8) is 0 Å². The quantitative estimate of drug-likeness (QED) is 0.631. The van der Waals surface area contributed by atoms with Crippen LogP contribution < -0.4 is 9.47 Å². The molecule has 0 aliphatic rings. The number of ether oxygens (including phenoxy) is 2. The third-order valence-corrected chi connectivity index (χ3v) is 3.76. The van der Waals surface area contributed by atoms with Crippen LogP contribution in [0.25, 0.3) is 0 Å². The van der Waals surface area contributed by atoms with E-state index in [1.807, 2.05) is 13.8 Å². The molecule has 21 heavy (non-hydrogen) atoms. The lowest BCUT2D eigenvalue weighted by atomic mass is 10.1. The van der Waals surface area contributed by atoms with E-state index in [0.717, 1.165) is 0 Å². The van der Waals surface area contributed by atoms with Crippen LogP contribution in [0, 0.1) is 0 Å². The number of hydrogen-bond donors (Lipinski definition) is 0. The minimum atomic E-state index is -0.225. The number of furan rings is 1. The van der Waals surface area contributed by atoms with Crippen LogP contribution in [0.1, 0.15) is 30.0 Å². The van der Waals surface area contributed by atoms with E-state index in [0.29, 0.717) is 39.4 Å². The highest BCUT2D eigenvalue weighted by molar-refractivity contribution is 9.10. The van der Waals surface area contributed by atoms with Crippen LogP contribution >= 0.6 is 31.9 Å². The van der Waals surface area contributed by atoms with Crippen molar-refractivity contribution in [1.82, 2.24) is 0 Å². The van der Waals surface area contributed by atoms with Crippen molar-refractivity contribution in [1.29, 1.82) is 0 Å². The molecule has 0 bridgehead atoms. The zero-order valence-electron chi connectivity index (χ0n) is 11.6. The van der Waals surface area contributed by atoms with Crippen molar-refractivity contribution in [3.05, 3.63) is 44.7 Å². The molecule has 1 aromatic carbocycles.